The molecule has 3 atom stereocenters. The second kappa shape index (κ2) is 12.0. The maximum Gasteiger partial charge on any atom is 0.131 e. The quantitative estimate of drug-likeness (QED) is 0.270. The Bertz CT molecular complexity index is 1060. The molecule has 1 heterocycles. The molecule has 0 aromatic heterocycles. The van der Waals surface area contributed by atoms with Crippen LogP contribution >= 0.6 is 0 Å². The van der Waals surface area contributed by atoms with Crippen molar-refractivity contribution in [1.82, 2.24) is 4.90 Å². The Morgan fingerprint density at radius 1 is 0.857 bits per heavy atom. The topological polar surface area (TPSA) is 34.1 Å². The summed E-state index contributed by atoms with van der Waals surface area (Å²) in [5.41, 5.74) is 3.86. The molecule has 0 radical (unpaired) electrons. The van der Waals surface area contributed by atoms with Crippen molar-refractivity contribution in [1.29, 1.82) is 0 Å². The number of rotatable bonds is 8. The molecule has 4 rings (SSSR count). The number of piperidine rings is 1. The number of nitrogens with zero attached hydrogens (tertiary/aromatic N) is 2. The fourth-order valence-corrected chi connectivity index (χ4v) is 4.98. The van der Waals surface area contributed by atoms with Crippen LogP contribution < -0.4 is 4.74 Å². The van der Waals surface area contributed by atoms with E-state index in [1.807, 2.05) is 0 Å². The van der Waals surface area contributed by atoms with E-state index in [9.17, 15) is 0 Å². The Labute approximate surface area is 210 Å². The van der Waals surface area contributed by atoms with Gasteiger partial charge in [-0.3, -0.25) is 4.99 Å². The summed E-state index contributed by atoms with van der Waals surface area (Å²) < 4.78 is 11.0. The van der Waals surface area contributed by atoms with Gasteiger partial charge in [-0.2, -0.15) is 0 Å². The van der Waals surface area contributed by atoms with Gasteiger partial charge in [0.25, 0.3) is 0 Å². The molecule has 0 unspecified atom stereocenters. The van der Waals surface area contributed by atoms with Crippen LogP contribution in [0.4, 0.5) is 0 Å². The first-order valence-corrected chi connectivity index (χ1v) is 12.7. The summed E-state index contributed by atoms with van der Waals surface area (Å²) >= 11 is 0. The Balaban J connectivity index is 1.77. The summed E-state index contributed by atoms with van der Waals surface area (Å²) in [6.07, 6.45) is 2.21. The van der Waals surface area contributed by atoms with Gasteiger partial charge < -0.3 is 14.4 Å². The lowest BCUT2D eigenvalue weighted by Crippen LogP contribution is -2.43. The Kier molecular flexibility index (Phi) is 8.59. The average Bonchev–Trinajstić information content (AvgIpc) is 2.91. The fourth-order valence-electron chi connectivity index (χ4n) is 4.98. The number of ether oxygens (including phenoxy) is 2. The monoisotopic (exact) mass is 470 g/mol. The molecule has 0 N–H and O–H groups in total. The number of benzene rings is 3. The van der Waals surface area contributed by atoms with Crippen LogP contribution in [0.15, 0.2) is 89.9 Å². The fraction of sp³-hybridized carbons (Fsp3) is 0.387. The minimum Gasteiger partial charge on any atom is -0.497 e. The highest BCUT2D eigenvalue weighted by molar-refractivity contribution is 5.99. The van der Waals surface area contributed by atoms with Crippen molar-refractivity contribution in [3.05, 3.63) is 102 Å². The van der Waals surface area contributed by atoms with Crippen molar-refractivity contribution >= 4 is 5.84 Å². The van der Waals surface area contributed by atoms with Gasteiger partial charge in [0.2, 0.25) is 0 Å². The first-order chi connectivity index (χ1) is 17.1. The van der Waals surface area contributed by atoms with Crippen LogP contribution in [0.1, 0.15) is 55.3 Å². The molecule has 0 bridgehead atoms. The van der Waals surface area contributed by atoms with Crippen LogP contribution in [0.3, 0.4) is 0 Å². The van der Waals surface area contributed by atoms with Crippen molar-refractivity contribution < 1.29 is 9.47 Å². The summed E-state index contributed by atoms with van der Waals surface area (Å²) in [6, 6.07) is 30.5. The van der Waals surface area contributed by atoms with E-state index in [0.717, 1.165) is 36.5 Å². The predicted molar refractivity (Wildman–Crippen MR) is 144 cm³/mol. The molecule has 3 aromatic rings. The molecular weight excluding hydrogens is 432 g/mol. The van der Waals surface area contributed by atoms with E-state index < -0.39 is 0 Å². The molecule has 3 aromatic carbocycles. The first kappa shape index (κ1) is 25.0. The van der Waals surface area contributed by atoms with Crippen molar-refractivity contribution in [2.24, 2.45) is 10.9 Å². The van der Waals surface area contributed by atoms with Crippen LogP contribution in [0.2, 0.25) is 0 Å². The van der Waals surface area contributed by atoms with Crippen LogP contribution in [0, 0.1) is 5.92 Å². The maximum atomic E-state index is 5.58. The normalized spacial score (nSPS) is 19.6. The van der Waals surface area contributed by atoms with Gasteiger partial charge in [0.15, 0.2) is 0 Å². The van der Waals surface area contributed by atoms with Crippen molar-refractivity contribution in [2.45, 2.75) is 44.7 Å². The summed E-state index contributed by atoms with van der Waals surface area (Å²) in [7, 11) is 3.48. The third-order valence-corrected chi connectivity index (χ3v) is 7.05. The van der Waals surface area contributed by atoms with E-state index in [0.29, 0.717) is 18.4 Å². The second-order valence-electron chi connectivity index (χ2n) is 9.71. The number of methoxy groups -OCH3 is 2. The molecule has 1 aliphatic rings. The van der Waals surface area contributed by atoms with Crippen LogP contribution in [0.5, 0.6) is 5.75 Å². The van der Waals surface area contributed by atoms with Crippen LogP contribution in [-0.4, -0.2) is 44.1 Å². The average molecular weight is 471 g/mol. The third kappa shape index (κ3) is 6.12. The minimum atomic E-state index is 0.0907. The lowest BCUT2D eigenvalue weighted by atomic mass is 9.84. The number of hydrogen-bond acceptors (Lipinski definition) is 3. The zero-order valence-corrected chi connectivity index (χ0v) is 21.4. The minimum absolute atomic E-state index is 0.0907. The molecule has 4 heteroatoms. The maximum absolute atomic E-state index is 5.58. The molecule has 1 saturated heterocycles. The molecule has 4 nitrogen and oxygen atoms in total. The van der Waals surface area contributed by atoms with Gasteiger partial charge >= 0.3 is 0 Å². The van der Waals surface area contributed by atoms with E-state index in [4.69, 9.17) is 14.5 Å². The summed E-state index contributed by atoms with van der Waals surface area (Å²) in [4.78, 5) is 7.94. The molecule has 0 spiro atoms. The third-order valence-electron chi connectivity index (χ3n) is 7.05. The van der Waals surface area contributed by atoms with E-state index >= 15 is 0 Å². The van der Waals surface area contributed by atoms with Crippen molar-refractivity contribution in [3.8, 4) is 5.75 Å². The highest BCUT2D eigenvalue weighted by Gasteiger charge is 2.33. The molecule has 0 saturated carbocycles. The molecular formula is C31H38N2O2. The highest BCUT2D eigenvalue weighted by Crippen LogP contribution is 2.39. The van der Waals surface area contributed by atoms with Gasteiger partial charge in [0.05, 0.1) is 25.8 Å². The SMILES string of the molecule is COC[C@@H](N=C(c1ccccc1)N1C[C@@H](c2ccc(OC)cc2)CC[C@H]1c1ccccc1)C(C)C. The van der Waals surface area contributed by atoms with Crippen LogP contribution in [-0.2, 0) is 4.74 Å². The van der Waals surface area contributed by atoms with E-state index in [-0.39, 0.29) is 12.1 Å². The van der Waals surface area contributed by atoms with E-state index in [1.54, 1.807) is 14.2 Å². The zero-order chi connectivity index (χ0) is 24.6. The van der Waals surface area contributed by atoms with Gasteiger partial charge in [-0.1, -0.05) is 86.6 Å². The zero-order valence-electron chi connectivity index (χ0n) is 21.4. The molecule has 184 valence electrons. The predicted octanol–water partition coefficient (Wildman–Crippen LogP) is 6.73. The molecule has 35 heavy (non-hydrogen) atoms. The molecule has 0 aliphatic carbocycles. The summed E-state index contributed by atoms with van der Waals surface area (Å²) in [6.45, 7) is 5.97. The van der Waals surface area contributed by atoms with Crippen LogP contribution in [0.25, 0.3) is 0 Å². The Hall–Kier alpha value is -3.11. The largest absolute Gasteiger partial charge is 0.497 e. The lowest BCUT2D eigenvalue weighted by molar-refractivity contribution is 0.162. The van der Waals surface area contributed by atoms with E-state index in [2.05, 4.69) is 104 Å². The highest BCUT2D eigenvalue weighted by atomic mass is 16.5. The van der Waals surface area contributed by atoms with Gasteiger partial charge in [-0.25, -0.2) is 0 Å². The van der Waals surface area contributed by atoms with Gasteiger partial charge in [0, 0.05) is 25.1 Å². The molecule has 1 fully saturated rings. The first-order valence-electron chi connectivity index (χ1n) is 12.7. The lowest BCUT2D eigenvalue weighted by Gasteiger charge is -2.43. The summed E-state index contributed by atoms with van der Waals surface area (Å²) in [5, 5.41) is 0. The number of amidine groups is 1. The van der Waals surface area contributed by atoms with Gasteiger partial charge in [-0.05, 0) is 42.0 Å². The Morgan fingerprint density at radius 3 is 2.11 bits per heavy atom. The standard InChI is InChI=1S/C31H38N2O2/c1-23(2)29(22-34-3)32-31(26-13-9-6-10-14-26)33-21-27(24-15-18-28(35-4)19-16-24)17-20-30(33)25-11-7-5-8-12-25/h5-16,18-19,23,27,29-30H,17,20-22H2,1-4H3/t27-,29+,30-/m0/s1. The molecule has 0 amide bonds. The van der Waals surface area contributed by atoms with Gasteiger partial charge in [-0.15, -0.1) is 0 Å². The van der Waals surface area contributed by atoms with Gasteiger partial charge in [0.1, 0.15) is 11.6 Å². The number of likely N-dealkylation sites (tertiary alicyclic amines) is 1. The van der Waals surface area contributed by atoms with E-state index in [1.165, 1.54) is 11.1 Å². The second-order valence-corrected chi connectivity index (χ2v) is 9.71. The number of aliphatic imine (C=N–C) groups is 1. The Morgan fingerprint density at radius 2 is 1.51 bits per heavy atom. The summed E-state index contributed by atoms with van der Waals surface area (Å²) in [5.74, 6) is 2.77. The smallest absolute Gasteiger partial charge is 0.131 e. The van der Waals surface area contributed by atoms with Crippen molar-refractivity contribution in [3.63, 3.8) is 0 Å². The van der Waals surface area contributed by atoms with Crippen molar-refractivity contribution in [2.75, 3.05) is 27.4 Å². The number of hydrogen-bond donors (Lipinski definition) is 0. The molecule has 1 aliphatic heterocycles.